The fourth-order valence-corrected chi connectivity index (χ4v) is 3.44. The van der Waals surface area contributed by atoms with Gasteiger partial charge in [0, 0.05) is 28.8 Å². The summed E-state index contributed by atoms with van der Waals surface area (Å²) >= 11 is 6.16. The molecule has 0 saturated carbocycles. The van der Waals surface area contributed by atoms with Gasteiger partial charge in [-0.05, 0) is 49.2 Å². The highest BCUT2D eigenvalue weighted by molar-refractivity contribution is 6.31. The zero-order valence-electron chi connectivity index (χ0n) is 16.3. The normalized spacial score (nSPS) is 11.0. The molecule has 0 spiro atoms. The van der Waals surface area contributed by atoms with Crippen LogP contribution in [0, 0.1) is 0 Å². The number of nitrogens with one attached hydrogen (secondary N) is 1. The van der Waals surface area contributed by atoms with Crippen molar-refractivity contribution in [1.29, 1.82) is 0 Å². The average Bonchev–Trinajstić information content (AvgIpc) is 2.71. The third kappa shape index (κ3) is 4.84. The van der Waals surface area contributed by atoms with E-state index in [4.69, 9.17) is 21.3 Å². The number of unbranched alkanes of at least 4 members (excludes halogenated alkanes) is 3. The number of aromatic nitrogens is 1. The minimum atomic E-state index is -0.138. The van der Waals surface area contributed by atoms with Crippen LogP contribution in [0.1, 0.15) is 32.1 Å². The molecule has 3 rings (SSSR count). The van der Waals surface area contributed by atoms with E-state index >= 15 is 0 Å². The molecule has 2 aromatic carbocycles. The van der Waals surface area contributed by atoms with Gasteiger partial charge in [-0.3, -0.25) is 4.79 Å². The zero-order chi connectivity index (χ0) is 19.9. The van der Waals surface area contributed by atoms with Crippen molar-refractivity contribution in [2.45, 2.75) is 32.1 Å². The van der Waals surface area contributed by atoms with Crippen LogP contribution in [-0.4, -0.2) is 31.7 Å². The van der Waals surface area contributed by atoms with Crippen LogP contribution >= 0.6 is 11.6 Å². The zero-order valence-corrected chi connectivity index (χ0v) is 17.0. The molecule has 28 heavy (non-hydrogen) atoms. The number of nitrogens with zero attached hydrogens (tertiary/aromatic N) is 1. The van der Waals surface area contributed by atoms with Gasteiger partial charge in [0.1, 0.15) is 5.75 Å². The molecular weight excluding hydrogens is 376 g/mol. The van der Waals surface area contributed by atoms with Gasteiger partial charge in [-0.25, -0.2) is 4.98 Å². The SMILES string of the molecule is COC(=O)CCCCCCNc1c2ccc(Cl)cc2nc2ccc(OC)cc12. The van der Waals surface area contributed by atoms with Crippen molar-refractivity contribution in [3.8, 4) is 5.75 Å². The lowest BCUT2D eigenvalue weighted by molar-refractivity contribution is -0.140. The van der Waals surface area contributed by atoms with Gasteiger partial charge < -0.3 is 14.8 Å². The summed E-state index contributed by atoms with van der Waals surface area (Å²) in [7, 11) is 3.09. The summed E-state index contributed by atoms with van der Waals surface area (Å²) in [6.45, 7) is 0.840. The van der Waals surface area contributed by atoms with Crippen LogP contribution in [0.5, 0.6) is 5.75 Å². The Balaban J connectivity index is 1.75. The Kier molecular flexibility index (Phi) is 6.93. The van der Waals surface area contributed by atoms with Gasteiger partial charge in [0.05, 0.1) is 30.9 Å². The van der Waals surface area contributed by atoms with Gasteiger partial charge in [-0.1, -0.05) is 24.4 Å². The molecule has 0 fully saturated rings. The second kappa shape index (κ2) is 9.60. The van der Waals surface area contributed by atoms with Crippen molar-refractivity contribution in [2.75, 3.05) is 26.1 Å². The average molecular weight is 401 g/mol. The van der Waals surface area contributed by atoms with Crippen LogP contribution in [0.25, 0.3) is 21.8 Å². The Morgan fingerprint density at radius 1 is 1.00 bits per heavy atom. The van der Waals surface area contributed by atoms with Gasteiger partial charge in [0.2, 0.25) is 0 Å². The number of hydrogen-bond acceptors (Lipinski definition) is 5. The first-order valence-corrected chi connectivity index (χ1v) is 9.88. The molecule has 0 amide bonds. The number of carbonyl (C=O) groups is 1. The van der Waals surface area contributed by atoms with Crippen molar-refractivity contribution < 1.29 is 14.3 Å². The number of ether oxygens (including phenoxy) is 2. The molecular formula is C22H25ClN2O3. The Morgan fingerprint density at radius 3 is 2.61 bits per heavy atom. The van der Waals surface area contributed by atoms with Crippen molar-refractivity contribution >= 4 is 45.1 Å². The molecule has 6 heteroatoms. The van der Waals surface area contributed by atoms with E-state index in [1.54, 1.807) is 7.11 Å². The molecule has 1 aromatic heterocycles. The van der Waals surface area contributed by atoms with E-state index < -0.39 is 0 Å². The maximum absolute atomic E-state index is 11.2. The Morgan fingerprint density at radius 2 is 1.82 bits per heavy atom. The van der Waals surface area contributed by atoms with Crippen molar-refractivity contribution in [3.63, 3.8) is 0 Å². The highest BCUT2D eigenvalue weighted by Gasteiger charge is 2.10. The molecule has 0 saturated heterocycles. The number of methoxy groups -OCH3 is 2. The summed E-state index contributed by atoms with van der Waals surface area (Å²) < 4.78 is 10.1. The molecule has 3 aromatic rings. The van der Waals surface area contributed by atoms with Gasteiger partial charge in [0.15, 0.2) is 0 Å². The second-order valence-electron chi connectivity index (χ2n) is 6.70. The third-order valence-electron chi connectivity index (χ3n) is 4.78. The van der Waals surface area contributed by atoms with E-state index in [9.17, 15) is 4.79 Å². The van der Waals surface area contributed by atoms with E-state index in [0.29, 0.717) is 11.4 Å². The molecule has 1 N–H and O–H groups in total. The van der Waals surface area contributed by atoms with Crippen molar-refractivity contribution in [1.82, 2.24) is 4.98 Å². The molecule has 0 aliphatic heterocycles. The van der Waals surface area contributed by atoms with Crippen LogP contribution in [-0.2, 0) is 9.53 Å². The number of halogens is 1. The van der Waals surface area contributed by atoms with Crippen LogP contribution < -0.4 is 10.1 Å². The van der Waals surface area contributed by atoms with E-state index in [0.717, 1.165) is 65.5 Å². The monoisotopic (exact) mass is 400 g/mol. The van der Waals surface area contributed by atoms with Gasteiger partial charge in [-0.2, -0.15) is 0 Å². The van der Waals surface area contributed by atoms with E-state index in [1.807, 2.05) is 36.4 Å². The van der Waals surface area contributed by atoms with E-state index in [-0.39, 0.29) is 5.97 Å². The minimum absolute atomic E-state index is 0.138. The van der Waals surface area contributed by atoms with Crippen LogP contribution in [0.2, 0.25) is 5.02 Å². The summed E-state index contributed by atoms with van der Waals surface area (Å²) in [5, 5.41) is 6.32. The maximum atomic E-state index is 11.2. The molecule has 0 aliphatic carbocycles. The van der Waals surface area contributed by atoms with Gasteiger partial charge in [0.25, 0.3) is 0 Å². The summed E-state index contributed by atoms with van der Waals surface area (Å²) in [4.78, 5) is 15.9. The predicted octanol–water partition coefficient (Wildman–Crippen LogP) is 5.59. The summed E-state index contributed by atoms with van der Waals surface area (Å²) in [5.74, 6) is 0.661. The molecule has 0 unspecified atom stereocenters. The second-order valence-corrected chi connectivity index (χ2v) is 7.13. The van der Waals surface area contributed by atoms with E-state index in [2.05, 4.69) is 10.1 Å². The first kappa shape index (κ1) is 20.2. The first-order valence-electron chi connectivity index (χ1n) is 9.50. The molecule has 0 aliphatic rings. The Labute approximate surface area is 170 Å². The molecule has 148 valence electrons. The number of rotatable bonds is 9. The summed E-state index contributed by atoms with van der Waals surface area (Å²) in [6.07, 6.45) is 4.44. The Hall–Kier alpha value is -2.53. The maximum Gasteiger partial charge on any atom is 0.305 e. The first-order chi connectivity index (χ1) is 13.6. The number of pyridine rings is 1. The number of esters is 1. The third-order valence-corrected chi connectivity index (χ3v) is 5.02. The van der Waals surface area contributed by atoms with Gasteiger partial charge >= 0.3 is 5.97 Å². The highest BCUT2D eigenvalue weighted by Crippen LogP contribution is 2.34. The van der Waals surface area contributed by atoms with Crippen molar-refractivity contribution in [2.24, 2.45) is 0 Å². The number of anilines is 1. The lowest BCUT2D eigenvalue weighted by Crippen LogP contribution is -2.04. The highest BCUT2D eigenvalue weighted by atomic mass is 35.5. The lowest BCUT2D eigenvalue weighted by atomic mass is 10.1. The Bertz CT molecular complexity index is 975. The number of hydrogen-bond donors (Lipinski definition) is 1. The smallest absolute Gasteiger partial charge is 0.305 e. The number of benzene rings is 2. The molecule has 0 bridgehead atoms. The summed E-state index contributed by atoms with van der Waals surface area (Å²) in [5.41, 5.74) is 2.81. The quantitative estimate of drug-likeness (QED) is 0.288. The predicted molar refractivity (Wildman–Crippen MR) is 114 cm³/mol. The van der Waals surface area contributed by atoms with Gasteiger partial charge in [-0.15, -0.1) is 0 Å². The van der Waals surface area contributed by atoms with Crippen LogP contribution in [0.15, 0.2) is 36.4 Å². The topological polar surface area (TPSA) is 60.5 Å². The molecule has 0 radical (unpaired) electrons. The van der Waals surface area contributed by atoms with Crippen molar-refractivity contribution in [3.05, 3.63) is 41.4 Å². The standard InChI is InChI=1S/C22H25ClN2O3/c1-27-16-9-11-19-18(14-16)22(17-10-8-15(23)13-20(17)25-19)24-12-6-4-3-5-7-21(26)28-2/h8-11,13-14H,3-7,12H2,1-2H3,(H,24,25). The minimum Gasteiger partial charge on any atom is -0.497 e. The fourth-order valence-electron chi connectivity index (χ4n) is 3.28. The number of fused-ring (bicyclic) bond motifs is 2. The fraction of sp³-hybridized carbons (Fsp3) is 0.364. The largest absolute Gasteiger partial charge is 0.497 e. The lowest BCUT2D eigenvalue weighted by Gasteiger charge is -2.14. The number of carbonyl (C=O) groups excluding carboxylic acids is 1. The van der Waals surface area contributed by atoms with Crippen LogP contribution in [0.3, 0.4) is 0 Å². The van der Waals surface area contributed by atoms with E-state index in [1.165, 1.54) is 7.11 Å². The molecule has 5 nitrogen and oxygen atoms in total. The molecule has 1 heterocycles. The van der Waals surface area contributed by atoms with Crippen LogP contribution in [0.4, 0.5) is 5.69 Å². The summed E-state index contributed by atoms with van der Waals surface area (Å²) in [6, 6.07) is 11.7. The molecule has 0 atom stereocenters.